The highest BCUT2D eigenvalue weighted by Crippen LogP contribution is 2.26. The maximum Gasteiger partial charge on any atom is 0.298 e. The van der Waals surface area contributed by atoms with E-state index in [4.69, 9.17) is 20.8 Å². The lowest BCUT2D eigenvalue weighted by molar-refractivity contribution is 0.261. The lowest BCUT2D eigenvalue weighted by Crippen LogP contribution is -2.54. The van der Waals surface area contributed by atoms with E-state index in [1.807, 2.05) is 24.3 Å². The summed E-state index contributed by atoms with van der Waals surface area (Å²) in [6.07, 6.45) is 3.44. The number of hydrogen-bond acceptors (Lipinski definition) is 6. The molecule has 1 aliphatic rings. The van der Waals surface area contributed by atoms with Crippen LogP contribution in [-0.2, 0) is 0 Å². The quantitative estimate of drug-likeness (QED) is 0.785. The number of nitrogens with one attached hydrogen (secondary N) is 1. The van der Waals surface area contributed by atoms with E-state index in [0.717, 1.165) is 36.5 Å². The summed E-state index contributed by atoms with van der Waals surface area (Å²) < 4.78 is 11.8. The molecule has 3 heterocycles. The number of hydrogen-bond donors (Lipinski definition) is 1. The molecule has 1 aromatic carbocycles. The molecule has 1 aliphatic heterocycles. The van der Waals surface area contributed by atoms with Crippen LogP contribution < -0.4 is 15.0 Å². The molecule has 6 nitrogen and oxygen atoms in total. The first-order valence-electron chi connectivity index (χ1n) is 7.86. The molecule has 4 rings (SSSR count). The van der Waals surface area contributed by atoms with E-state index in [-0.39, 0.29) is 6.04 Å². The predicted molar refractivity (Wildman–Crippen MR) is 92.8 cm³/mol. The summed E-state index contributed by atoms with van der Waals surface area (Å²) in [6, 6.07) is 9.95. The molecule has 1 saturated heterocycles. The Morgan fingerprint density at radius 3 is 3.21 bits per heavy atom. The van der Waals surface area contributed by atoms with Crippen LogP contribution in [0.3, 0.4) is 0 Å². The van der Waals surface area contributed by atoms with Crippen LogP contribution in [0.2, 0.25) is 5.02 Å². The summed E-state index contributed by atoms with van der Waals surface area (Å²) in [6.45, 7) is 3.02. The number of fused-ring (bicyclic) bond motifs is 1. The largest absolute Gasteiger partial charge is 0.490 e. The van der Waals surface area contributed by atoms with Crippen molar-refractivity contribution in [2.24, 2.45) is 0 Å². The molecule has 0 aliphatic carbocycles. The second kappa shape index (κ2) is 6.67. The number of ether oxygens (including phenoxy) is 1. The summed E-state index contributed by atoms with van der Waals surface area (Å²) in [5, 5.41) is 4.04. The number of pyridine rings is 1. The number of anilines is 1. The van der Waals surface area contributed by atoms with E-state index in [1.165, 1.54) is 0 Å². The molecule has 24 heavy (non-hydrogen) atoms. The fourth-order valence-electron chi connectivity index (χ4n) is 2.80. The number of nitrogens with zero attached hydrogens (tertiary/aromatic N) is 3. The van der Waals surface area contributed by atoms with Crippen LogP contribution in [0, 0.1) is 0 Å². The third-order valence-corrected chi connectivity index (χ3v) is 4.25. The molecule has 1 fully saturated rings. The molecule has 2 aromatic heterocycles. The Morgan fingerprint density at radius 2 is 2.33 bits per heavy atom. The van der Waals surface area contributed by atoms with E-state index in [9.17, 15) is 0 Å². The van der Waals surface area contributed by atoms with E-state index in [0.29, 0.717) is 17.6 Å². The molecule has 7 heteroatoms. The Kier molecular flexibility index (Phi) is 4.23. The lowest BCUT2D eigenvalue weighted by Gasteiger charge is -2.34. The molecular weight excluding hydrogens is 328 g/mol. The molecule has 0 amide bonds. The number of aromatic nitrogens is 2. The van der Waals surface area contributed by atoms with E-state index in [2.05, 4.69) is 20.2 Å². The predicted octanol–water partition coefficient (Wildman–Crippen LogP) is 2.73. The van der Waals surface area contributed by atoms with E-state index < -0.39 is 0 Å². The van der Waals surface area contributed by atoms with Crippen LogP contribution in [0.4, 0.5) is 6.01 Å². The van der Waals surface area contributed by atoms with Gasteiger partial charge < -0.3 is 19.4 Å². The highest BCUT2D eigenvalue weighted by atomic mass is 35.5. The van der Waals surface area contributed by atoms with Crippen molar-refractivity contribution in [3.8, 4) is 5.75 Å². The minimum Gasteiger partial charge on any atom is -0.490 e. The van der Waals surface area contributed by atoms with Crippen LogP contribution in [0.5, 0.6) is 5.75 Å². The summed E-state index contributed by atoms with van der Waals surface area (Å²) >= 11 is 6.03. The van der Waals surface area contributed by atoms with Gasteiger partial charge in [0.15, 0.2) is 5.58 Å². The fraction of sp³-hybridized carbons (Fsp3) is 0.294. The first-order chi connectivity index (χ1) is 11.8. The third-order valence-electron chi connectivity index (χ3n) is 4.01. The average molecular weight is 345 g/mol. The summed E-state index contributed by atoms with van der Waals surface area (Å²) in [4.78, 5) is 10.8. The van der Waals surface area contributed by atoms with Gasteiger partial charge in [0.1, 0.15) is 17.9 Å². The zero-order valence-electron chi connectivity index (χ0n) is 13.0. The first-order valence-corrected chi connectivity index (χ1v) is 8.24. The molecule has 0 bridgehead atoms. The van der Waals surface area contributed by atoms with Crippen LogP contribution in [0.25, 0.3) is 11.1 Å². The summed E-state index contributed by atoms with van der Waals surface area (Å²) in [5.41, 5.74) is 1.50. The molecule has 1 N–H and O–H groups in total. The Bertz CT molecular complexity index is 824. The van der Waals surface area contributed by atoms with E-state index in [1.54, 1.807) is 18.5 Å². The van der Waals surface area contributed by atoms with Gasteiger partial charge in [-0.1, -0.05) is 11.6 Å². The van der Waals surface area contributed by atoms with Crippen molar-refractivity contribution in [3.63, 3.8) is 0 Å². The minimum absolute atomic E-state index is 0.127. The lowest BCUT2D eigenvalue weighted by atomic mass is 10.2. The van der Waals surface area contributed by atoms with Crippen molar-refractivity contribution in [1.29, 1.82) is 0 Å². The molecule has 124 valence electrons. The minimum atomic E-state index is 0.127. The Morgan fingerprint density at radius 1 is 1.38 bits per heavy atom. The normalized spacial score (nSPS) is 18.0. The van der Waals surface area contributed by atoms with Crippen molar-refractivity contribution < 1.29 is 9.15 Å². The van der Waals surface area contributed by atoms with Crippen LogP contribution in [-0.4, -0.2) is 42.3 Å². The van der Waals surface area contributed by atoms with Crippen molar-refractivity contribution in [1.82, 2.24) is 15.3 Å². The molecule has 0 spiro atoms. The second-order valence-electron chi connectivity index (χ2n) is 5.66. The summed E-state index contributed by atoms with van der Waals surface area (Å²) in [5.74, 6) is 0.757. The van der Waals surface area contributed by atoms with Gasteiger partial charge in [0.05, 0.1) is 12.2 Å². The standard InChI is InChI=1S/C17H17ClN4O2/c18-12-3-4-16-15(8-12)21-17(24-16)22-7-6-20-9-13(22)11-23-14-2-1-5-19-10-14/h1-5,8,10,13,20H,6-7,9,11H2. The van der Waals surface area contributed by atoms with Crippen LogP contribution in [0.15, 0.2) is 47.1 Å². The maximum atomic E-state index is 6.03. The van der Waals surface area contributed by atoms with Gasteiger partial charge in [-0.3, -0.25) is 4.98 Å². The highest BCUT2D eigenvalue weighted by Gasteiger charge is 2.27. The molecular formula is C17H17ClN4O2. The molecule has 3 aromatic rings. The molecule has 0 saturated carbocycles. The van der Waals surface area contributed by atoms with Gasteiger partial charge in [0.2, 0.25) is 0 Å². The molecule has 0 radical (unpaired) electrons. The Balaban J connectivity index is 1.54. The van der Waals surface area contributed by atoms with Gasteiger partial charge in [-0.05, 0) is 30.3 Å². The zero-order valence-corrected chi connectivity index (χ0v) is 13.7. The smallest absolute Gasteiger partial charge is 0.298 e. The zero-order chi connectivity index (χ0) is 16.4. The Labute approximate surface area is 144 Å². The number of piperazine rings is 1. The van der Waals surface area contributed by atoms with E-state index >= 15 is 0 Å². The average Bonchev–Trinajstić information content (AvgIpc) is 3.04. The van der Waals surface area contributed by atoms with Crippen molar-refractivity contribution in [3.05, 3.63) is 47.7 Å². The van der Waals surface area contributed by atoms with Gasteiger partial charge in [-0.25, -0.2) is 0 Å². The number of oxazole rings is 1. The number of rotatable bonds is 4. The van der Waals surface area contributed by atoms with Gasteiger partial charge >= 0.3 is 0 Å². The van der Waals surface area contributed by atoms with Crippen molar-refractivity contribution in [2.75, 3.05) is 31.1 Å². The molecule has 1 atom stereocenters. The van der Waals surface area contributed by atoms with Crippen LogP contribution in [0.1, 0.15) is 0 Å². The van der Waals surface area contributed by atoms with Gasteiger partial charge in [0, 0.05) is 30.9 Å². The number of benzene rings is 1. The first kappa shape index (κ1) is 15.2. The second-order valence-corrected chi connectivity index (χ2v) is 6.10. The summed E-state index contributed by atoms with van der Waals surface area (Å²) in [7, 11) is 0. The molecule has 1 unspecified atom stereocenters. The highest BCUT2D eigenvalue weighted by molar-refractivity contribution is 6.31. The maximum absolute atomic E-state index is 6.03. The SMILES string of the molecule is Clc1ccc2oc(N3CCNCC3COc3cccnc3)nc2c1. The van der Waals surface area contributed by atoms with Crippen molar-refractivity contribution >= 4 is 28.7 Å². The van der Waals surface area contributed by atoms with Crippen molar-refractivity contribution in [2.45, 2.75) is 6.04 Å². The monoisotopic (exact) mass is 344 g/mol. The fourth-order valence-corrected chi connectivity index (χ4v) is 2.96. The third kappa shape index (κ3) is 3.16. The van der Waals surface area contributed by atoms with Gasteiger partial charge in [-0.15, -0.1) is 0 Å². The van der Waals surface area contributed by atoms with Crippen LogP contribution >= 0.6 is 11.6 Å². The van der Waals surface area contributed by atoms with Gasteiger partial charge in [-0.2, -0.15) is 4.98 Å². The Hall–Kier alpha value is -2.31. The van der Waals surface area contributed by atoms with Gasteiger partial charge in [0.25, 0.3) is 6.01 Å². The number of halogens is 1. The topological polar surface area (TPSA) is 63.4 Å².